The Bertz CT molecular complexity index is 130. The number of nitrogens with one attached hydrogen (secondary N) is 1. The van der Waals surface area contributed by atoms with E-state index in [0.717, 1.165) is 12.5 Å². The highest BCUT2D eigenvalue weighted by molar-refractivity contribution is 4.73. The molecular weight excluding hydrogens is 160 g/mol. The normalized spacial score (nSPS) is 21.5. The Kier molecular flexibility index (Phi) is 4.74. The Morgan fingerprint density at radius 3 is 2.62 bits per heavy atom. The fourth-order valence-corrected chi connectivity index (χ4v) is 1.44. The molecule has 0 heterocycles. The van der Waals surface area contributed by atoms with Gasteiger partial charge in [0.25, 0.3) is 0 Å². The van der Waals surface area contributed by atoms with Gasteiger partial charge in [-0.2, -0.15) is 0 Å². The van der Waals surface area contributed by atoms with Crippen molar-refractivity contribution in [3.63, 3.8) is 0 Å². The zero-order valence-electron chi connectivity index (χ0n) is 9.05. The lowest BCUT2D eigenvalue weighted by Crippen LogP contribution is -2.33. The molecule has 1 aliphatic carbocycles. The van der Waals surface area contributed by atoms with Crippen molar-refractivity contribution < 1.29 is 0 Å². The SMILES string of the molecule is CC(N)C(C)CNCCCC1CC1. The molecular formula is C11H24N2. The Morgan fingerprint density at radius 2 is 2.08 bits per heavy atom. The molecule has 0 aromatic carbocycles. The molecule has 1 rings (SSSR count). The molecule has 1 aliphatic rings. The van der Waals surface area contributed by atoms with E-state index in [1.807, 2.05) is 0 Å². The van der Waals surface area contributed by atoms with Gasteiger partial charge in [0.1, 0.15) is 0 Å². The van der Waals surface area contributed by atoms with Crippen LogP contribution in [0.2, 0.25) is 0 Å². The van der Waals surface area contributed by atoms with E-state index in [-0.39, 0.29) is 0 Å². The van der Waals surface area contributed by atoms with Crippen LogP contribution in [0.15, 0.2) is 0 Å². The third-order valence-corrected chi connectivity index (χ3v) is 3.03. The maximum atomic E-state index is 5.77. The Morgan fingerprint density at radius 1 is 1.38 bits per heavy atom. The summed E-state index contributed by atoms with van der Waals surface area (Å²) in [6.07, 6.45) is 5.74. The first-order valence-electron chi connectivity index (χ1n) is 5.66. The second-order valence-corrected chi connectivity index (χ2v) is 4.63. The van der Waals surface area contributed by atoms with Crippen molar-refractivity contribution in [2.24, 2.45) is 17.6 Å². The van der Waals surface area contributed by atoms with Gasteiger partial charge in [0.05, 0.1) is 0 Å². The van der Waals surface area contributed by atoms with E-state index >= 15 is 0 Å². The van der Waals surface area contributed by atoms with Gasteiger partial charge in [-0.25, -0.2) is 0 Å². The molecule has 0 amide bonds. The van der Waals surface area contributed by atoms with Crippen molar-refractivity contribution in [2.75, 3.05) is 13.1 Å². The molecule has 0 saturated heterocycles. The summed E-state index contributed by atoms with van der Waals surface area (Å²) in [5.74, 6) is 1.67. The molecule has 0 bridgehead atoms. The minimum absolute atomic E-state index is 0.316. The lowest BCUT2D eigenvalue weighted by atomic mass is 10.1. The van der Waals surface area contributed by atoms with Gasteiger partial charge in [-0.1, -0.05) is 19.8 Å². The van der Waals surface area contributed by atoms with Crippen molar-refractivity contribution in [3.05, 3.63) is 0 Å². The van der Waals surface area contributed by atoms with E-state index in [2.05, 4.69) is 19.2 Å². The maximum Gasteiger partial charge on any atom is 0.00482 e. The summed E-state index contributed by atoms with van der Waals surface area (Å²) < 4.78 is 0. The van der Waals surface area contributed by atoms with E-state index in [9.17, 15) is 0 Å². The smallest absolute Gasteiger partial charge is 0.00482 e. The van der Waals surface area contributed by atoms with E-state index in [0.29, 0.717) is 12.0 Å². The number of hydrogen-bond donors (Lipinski definition) is 2. The lowest BCUT2D eigenvalue weighted by molar-refractivity contribution is 0.440. The Balaban J connectivity index is 1.82. The van der Waals surface area contributed by atoms with Crippen LogP contribution in [0.1, 0.15) is 39.5 Å². The summed E-state index contributed by atoms with van der Waals surface area (Å²) in [5, 5.41) is 3.47. The molecule has 2 unspecified atom stereocenters. The lowest BCUT2D eigenvalue weighted by Gasteiger charge is -2.15. The Hall–Kier alpha value is -0.0800. The number of nitrogens with two attached hydrogens (primary N) is 1. The van der Waals surface area contributed by atoms with E-state index in [4.69, 9.17) is 5.73 Å². The highest BCUT2D eigenvalue weighted by atomic mass is 14.9. The van der Waals surface area contributed by atoms with Crippen LogP contribution >= 0.6 is 0 Å². The van der Waals surface area contributed by atoms with E-state index in [1.54, 1.807) is 0 Å². The van der Waals surface area contributed by atoms with Crippen LogP contribution in [-0.4, -0.2) is 19.1 Å². The van der Waals surface area contributed by atoms with Gasteiger partial charge >= 0.3 is 0 Å². The molecule has 0 spiro atoms. The fourth-order valence-electron chi connectivity index (χ4n) is 1.44. The summed E-state index contributed by atoms with van der Waals surface area (Å²) in [5.41, 5.74) is 5.77. The van der Waals surface area contributed by atoms with E-state index in [1.165, 1.54) is 32.2 Å². The third-order valence-electron chi connectivity index (χ3n) is 3.03. The highest BCUT2D eigenvalue weighted by Crippen LogP contribution is 2.33. The predicted octanol–water partition coefficient (Wildman–Crippen LogP) is 1.75. The van der Waals surface area contributed by atoms with Gasteiger partial charge in [-0.05, 0) is 44.7 Å². The number of hydrogen-bond acceptors (Lipinski definition) is 2. The van der Waals surface area contributed by atoms with Gasteiger partial charge in [0.2, 0.25) is 0 Å². The first kappa shape index (κ1) is 11.0. The molecule has 3 N–H and O–H groups in total. The van der Waals surface area contributed by atoms with Crippen molar-refractivity contribution in [1.29, 1.82) is 0 Å². The average Bonchev–Trinajstić information content (AvgIpc) is 2.87. The molecule has 78 valence electrons. The summed E-state index contributed by atoms with van der Waals surface area (Å²) in [6, 6.07) is 0.316. The van der Waals surface area contributed by atoms with Gasteiger partial charge in [-0.3, -0.25) is 0 Å². The molecule has 0 aromatic rings. The second kappa shape index (κ2) is 5.61. The van der Waals surface area contributed by atoms with Crippen LogP contribution in [0, 0.1) is 11.8 Å². The quantitative estimate of drug-likeness (QED) is 0.592. The van der Waals surface area contributed by atoms with Crippen molar-refractivity contribution in [1.82, 2.24) is 5.32 Å². The molecule has 0 aliphatic heterocycles. The summed E-state index contributed by atoms with van der Waals surface area (Å²) in [7, 11) is 0. The minimum Gasteiger partial charge on any atom is -0.328 e. The van der Waals surface area contributed by atoms with Gasteiger partial charge in [-0.15, -0.1) is 0 Å². The standard InChI is InChI=1S/C11H24N2/c1-9(10(2)12)8-13-7-3-4-11-5-6-11/h9-11,13H,3-8,12H2,1-2H3. The van der Waals surface area contributed by atoms with Crippen LogP contribution in [-0.2, 0) is 0 Å². The summed E-state index contributed by atoms with van der Waals surface area (Å²) >= 11 is 0. The second-order valence-electron chi connectivity index (χ2n) is 4.63. The first-order chi connectivity index (χ1) is 6.20. The molecule has 1 saturated carbocycles. The van der Waals surface area contributed by atoms with Crippen LogP contribution in [0.3, 0.4) is 0 Å². The molecule has 2 atom stereocenters. The summed E-state index contributed by atoms with van der Waals surface area (Å²) in [4.78, 5) is 0. The van der Waals surface area contributed by atoms with Gasteiger partial charge in [0.15, 0.2) is 0 Å². The van der Waals surface area contributed by atoms with Gasteiger partial charge < -0.3 is 11.1 Å². The highest BCUT2D eigenvalue weighted by Gasteiger charge is 2.19. The Labute approximate surface area is 82.3 Å². The molecule has 0 radical (unpaired) electrons. The van der Waals surface area contributed by atoms with Gasteiger partial charge in [0, 0.05) is 6.04 Å². The van der Waals surface area contributed by atoms with Crippen molar-refractivity contribution in [3.8, 4) is 0 Å². The van der Waals surface area contributed by atoms with Crippen molar-refractivity contribution >= 4 is 0 Å². The maximum absolute atomic E-state index is 5.77. The first-order valence-corrected chi connectivity index (χ1v) is 5.66. The summed E-state index contributed by atoms with van der Waals surface area (Å²) in [6.45, 7) is 6.53. The molecule has 2 heteroatoms. The van der Waals surface area contributed by atoms with Crippen LogP contribution in [0.5, 0.6) is 0 Å². The van der Waals surface area contributed by atoms with Crippen LogP contribution < -0.4 is 11.1 Å². The topological polar surface area (TPSA) is 38.0 Å². The van der Waals surface area contributed by atoms with Crippen molar-refractivity contribution in [2.45, 2.75) is 45.6 Å². The zero-order chi connectivity index (χ0) is 9.68. The largest absolute Gasteiger partial charge is 0.328 e. The minimum atomic E-state index is 0.316. The molecule has 2 nitrogen and oxygen atoms in total. The monoisotopic (exact) mass is 184 g/mol. The number of rotatable bonds is 7. The predicted molar refractivity (Wildman–Crippen MR) is 57.6 cm³/mol. The fraction of sp³-hybridized carbons (Fsp3) is 1.00. The van der Waals surface area contributed by atoms with Crippen LogP contribution in [0.4, 0.5) is 0 Å². The average molecular weight is 184 g/mol. The van der Waals surface area contributed by atoms with E-state index < -0.39 is 0 Å². The van der Waals surface area contributed by atoms with Crippen LogP contribution in [0.25, 0.3) is 0 Å². The molecule has 0 aromatic heterocycles. The molecule has 13 heavy (non-hydrogen) atoms. The zero-order valence-corrected chi connectivity index (χ0v) is 9.05. The molecule has 1 fully saturated rings. The third kappa shape index (κ3) is 5.27.